The van der Waals surface area contributed by atoms with Crippen LogP contribution < -0.4 is 14.4 Å². The molecular formula is C26H29ClN2O4S. The molecule has 180 valence electrons. The Bertz CT molecular complexity index is 1270. The van der Waals surface area contributed by atoms with Crippen molar-refractivity contribution in [2.45, 2.75) is 32.6 Å². The third kappa shape index (κ3) is 6.30. The number of sulfonamides is 1. The maximum absolute atomic E-state index is 13.4. The zero-order valence-electron chi connectivity index (χ0n) is 19.8. The Balaban J connectivity index is 1.74. The van der Waals surface area contributed by atoms with Gasteiger partial charge in [0.05, 0.1) is 17.1 Å². The third-order valence-electron chi connectivity index (χ3n) is 5.37. The van der Waals surface area contributed by atoms with Crippen LogP contribution in [0.5, 0.6) is 5.75 Å². The summed E-state index contributed by atoms with van der Waals surface area (Å²) in [7, 11) is -4.00. The normalized spacial score (nSPS) is 11.2. The van der Waals surface area contributed by atoms with Gasteiger partial charge in [-0.1, -0.05) is 47.5 Å². The molecule has 0 aliphatic heterocycles. The van der Waals surface area contributed by atoms with Crippen molar-refractivity contribution in [1.82, 2.24) is 5.32 Å². The van der Waals surface area contributed by atoms with Gasteiger partial charge in [-0.2, -0.15) is 0 Å². The van der Waals surface area contributed by atoms with Crippen LogP contribution in [-0.4, -0.2) is 34.0 Å². The van der Waals surface area contributed by atoms with Crippen molar-refractivity contribution in [1.29, 1.82) is 0 Å². The van der Waals surface area contributed by atoms with E-state index in [0.29, 0.717) is 10.7 Å². The summed E-state index contributed by atoms with van der Waals surface area (Å²) in [4.78, 5) is 12.8. The van der Waals surface area contributed by atoms with Crippen molar-refractivity contribution in [3.05, 3.63) is 87.9 Å². The number of carbonyl (C=O) groups excluding carboxylic acids is 1. The Hall–Kier alpha value is -3.03. The number of halogens is 1. The average molecular weight is 501 g/mol. The summed E-state index contributed by atoms with van der Waals surface area (Å²) in [5, 5.41) is 3.16. The van der Waals surface area contributed by atoms with Gasteiger partial charge in [0.2, 0.25) is 5.91 Å². The quantitative estimate of drug-likeness (QED) is 0.421. The Morgan fingerprint density at radius 3 is 2.24 bits per heavy atom. The van der Waals surface area contributed by atoms with E-state index < -0.39 is 15.9 Å². The first-order valence-corrected chi connectivity index (χ1v) is 12.7. The molecule has 1 N–H and O–H groups in total. The number of benzene rings is 3. The van der Waals surface area contributed by atoms with E-state index in [2.05, 4.69) is 5.32 Å². The van der Waals surface area contributed by atoms with E-state index in [1.165, 1.54) is 12.1 Å². The molecule has 34 heavy (non-hydrogen) atoms. The maximum Gasteiger partial charge on any atom is 0.264 e. The Labute approximate surface area is 206 Å². The molecule has 1 amide bonds. The fraction of sp³-hybridized carbons (Fsp3) is 0.269. The molecule has 0 bridgehead atoms. The maximum atomic E-state index is 13.4. The van der Waals surface area contributed by atoms with Gasteiger partial charge in [0, 0.05) is 5.02 Å². The van der Waals surface area contributed by atoms with E-state index in [0.717, 1.165) is 32.3 Å². The second-order valence-corrected chi connectivity index (χ2v) is 10.5. The zero-order chi connectivity index (χ0) is 24.9. The summed E-state index contributed by atoms with van der Waals surface area (Å²) in [6, 6.07) is 17.3. The van der Waals surface area contributed by atoms with Crippen molar-refractivity contribution in [3.63, 3.8) is 0 Å². The number of hydrogen-bond donors (Lipinski definition) is 1. The van der Waals surface area contributed by atoms with Gasteiger partial charge in [-0.3, -0.25) is 9.10 Å². The molecule has 0 heterocycles. The number of anilines is 1. The zero-order valence-corrected chi connectivity index (χ0v) is 21.3. The number of hydrogen-bond acceptors (Lipinski definition) is 4. The van der Waals surface area contributed by atoms with Crippen molar-refractivity contribution in [2.75, 3.05) is 24.0 Å². The molecule has 6 nitrogen and oxygen atoms in total. The standard InChI is InChI=1S/C26H29ClN2O4S/c1-18-6-11-23(12-7-18)34(31,32)29(22-10-9-20(3)24(27)16-22)17-26(30)28-13-14-33-25-15-19(2)5-8-21(25)4/h5-12,15-16H,13-14,17H2,1-4H3,(H,28,30). The lowest BCUT2D eigenvalue weighted by atomic mass is 10.1. The molecule has 0 unspecified atom stereocenters. The van der Waals surface area contributed by atoms with Gasteiger partial charge in [-0.15, -0.1) is 0 Å². The van der Waals surface area contributed by atoms with Gasteiger partial charge in [-0.25, -0.2) is 8.42 Å². The highest BCUT2D eigenvalue weighted by Crippen LogP contribution is 2.28. The molecule has 0 fully saturated rings. The van der Waals surface area contributed by atoms with Crippen LogP contribution in [0.3, 0.4) is 0 Å². The number of rotatable bonds is 9. The molecule has 0 saturated carbocycles. The minimum absolute atomic E-state index is 0.0980. The second-order valence-electron chi connectivity index (χ2n) is 8.23. The molecule has 0 radical (unpaired) electrons. The first-order chi connectivity index (χ1) is 16.1. The van der Waals surface area contributed by atoms with Gasteiger partial charge >= 0.3 is 0 Å². The van der Waals surface area contributed by atoms with Crippen LogP contribution in [0.15, 0.2) is 65.6 Å². The van der Waals surface area contributed by atoms with E-state index in [4.69, 9.17) is 16.3 Å². The topological polar surface area (TPSA) is 75.7 Å². The van der Waals surface area contributed by atoms with Gasteiger partial charge in [0.15, 0.2) is 0 Å². The molecule has 0 atom stereocenters. The Kier molecular flexibility index (Phi) is 8.23. The highest BCUT2D eigenvalue weighted by molar-refractivity contribution is 7.92. The largest absolute Gasteiger partial charge is 0.491 e. The molecule has 0 spiro atoms. The second kappa shape index (κ2) is 10.9. The molecule has 8 heteroatoms. The lowest BCUT2D eigenvalue weighted by molar-refractivity contribution is -0.119. The molecule has 3 aromatic carbocycles. The number of ether oxygens (including phenoxy) is 1. The van der Waals surface area contributed by atoms with Crippen molar-refractivity contribution in [2.24, 2.45) is 0 Å². The molecule has 0 aromatic heterocycles. The number of aryl methyl sites for hydroxylation is 4. The number of nitrogens with one attached hydrogen (secondary N) is 1. The first kappa shape index (κ1) is 25.6. The van der Waals surface area contributed by atoms with Gasteiger partial charge < -0.3 is 10.1 Å². The van der Waals surface area contributed by atoms with Gasteiger partial charge in [0.25, 0.3) is 10.0 Å². The van der Waals surface area contributed by atoms with Crippen LogP contribution in [-0.2, 0) is 14.8 Å². The monoisotopic (exact) mass is 500 g/mol. The van der Waals surface area contributed by atoms with Crippen LogP contribution in [0, 0.1) is 27.7 Å². The lowest BCUT2D eigenvalue weighted by Gasteiger charge is -2.24. The first-order valence-electron chi connectivity index (χ1n) is 10.9. The SMILES string of the molecule is Cc1ccc(S(=O)(=O)N(CC(=O)NCCOc2cc(C)ccc2C)c2ccc(C)c(Cl)c2)cc1. The average Bonchev–Trinajstić information content (AvgIpc) is 2.79. The molecular weight excluding hydrogens is 472 g/mol. The Morgan fingerprint density at radius 1 is 0.912 bits per heavy atom. The number of amides is 1. The molecule has 0 saturated heterocycles. The lowest BCUT2D eigenvalue weighted by Crippen LogP contribution is -2.42. The van der Waals surface area contributed by atoms with Gasteiger partial charge in [0.1, 0.15) is 18.9 Å². The predicted molar refractivity (Wildman–Crippen MR) is 136 cm³/mol. The van der Waals surface area contributed by atoms with Crippen molar-refractivity contribution in [3.8, 4) is 5.75 Å². The van der Waals surface area contributed by atoms with Crippen LogP contribution >= 0.6 is 11.6 Å². The van der Waals surface area contributed by atoms with Gasteiger partial charge in [-0.05, 0) is 74.7 Å². The van der Waals surface area contributed by atoms with Crippen LogP contribution in [0.1, 0.15) is 22.3 Å². The van der Waals surface area contributed by atoms with E-state index in [1.54, 1.807) is 30.3 Å². The summed E-state index contributed by atoms with van der Waals surface area (Å²) in [6.45, 7) is 7.74. The van der Waals surface area contributed by atoms with E-state index >= 15 is 0 Å². The van der Waals surface area contributed by atoms with Crippen molar-refractivity contribution < 1.29 is 17.9 Å². The fourth-order valence-electron chi connectivity index (χ4n) is 3.29. The molecule has 0 aliphatic carbocycles. The summed E-state index contributed by atoms with van der Waals surface area (Å²) < 4.78 is 33.7. The number of nitrogens with zero attached hydrogens (tertiary/aromatic N) is 1. The van der Waals surface area contributed by atoms with E-state index in [9.17, 15) is 13.2 Å². The molecule has 0 aliphatic rings. The Morgan fingerprint density at radius 2 is 1.56 bits per heavy atom. The smallest absolute Gasteiger partial charge is 0.264 e. The van der Waals surface area contributed by atoms with Crippen molar-refractivity contribution >= 4 is 33.2 Å². The van der Waals surface area contributed by atoms with Crippen LogP contribution in [0.4, 0.5) is 5.69 Å². The highest BCUT2D eigenvalue weighted by Gasteiger charge is 2.27. The molecule has 3 aromatic rings. The summed E-state index contributed by atoms with van der Waals surface area (Å²) in [5.74, 6) is 0.309. The van der Waals surface area contributed by atoms with E-state index in [-0.39, 0.29) is 24.6 Å². The summed E-state index contributed by atoms with van der Waals surface area (Å²) >= 11 is 6.26. The third-order valence-corrected chi connectivity index (χ3v) is 7.56. The fourth-order valence-corrected chi connectivity index (χ4v) is 4.88. The summed E-state index contributed by atoms with van der Waals surface area (Å²) in [6.07, 6.45) is 0. The highest BCUT2D eigenvalue weighted by atomic mass is 35.5. The minimum Gasteiger partial charge on any atom is -0.491 e. The van der Waals surface area contributed by atoms with E-state index in [1.807, 2.05) is 45.9 Å². The minimum atomic E-state index is -4.00. The molecule has 3 rings (SSSR count). The van der Waals surface area contributed by atoms with Crippen LogP contribution in [0.25, 0.3) is 0 Å². The number of carbonyl (C=O) groups is 1. The van der Waals surface area contributed by atoms with Crippen LogP contribution in [0.2, 0.25) is 5.02 Å². The summed E-state index contributed by atoms with van der Waals surface area (Å²) in [5.41, 5.74) is 4.15. The predicted octanol–water partition coefficient (Wildman–Crippen LogP) is 4.96.